The lowest BCUT2D eigenvalue weighted by Gasteiger charge is -2.31. The Labute approximate surface area is 211 Å². The summed E-state index contributed by atoms with van der Waals surface area (Å²) in [4.78, 5) is 28.3. The van der Waals surface area contributed by atoms with E-state index in [9.17, 15) is 9.18 Å². The third-order valence-electron chi connectivity index (χ3n) is 6.30. The van der Waals surface area contributed by atoms with Crippen LogP contribution in [0.1, 0.15) is 35.1 Å². The van der Waals surface area contributed by atoms with E-state index in [2.05, 4.69) is 25.4 Å². The number of methoxy groups -OCH3 is 1. The Morgan fingerprint density at radius 1 is 1.22 bits per heavy atom. The molecule has 0 bridgehead atoms. The molecule has 1 saturated heterocycles. The van der Waals surface area contributed by atoms with Gasteiger partial charge in [-0.2, -0.15) is 4.98 Å². The molecule has 1 N–H and O–H groups in total. The van der Waals surface area contributed by atoms with E-state index in [4.69, 9.17) is 9.26 Å². The van der Waals surface area contributed by atoms with Crippen molar-refractivity contribution in [3.63, 3.8) is 0 Å². The van der Waals surface area contributed by atoms with E-state index in [1.54, 1.807) is 25.8 Å². The largest absolute Gasteiger partial charge is 0.377 e. The summed E-state index contributed by atoms with van der Waals surface area (Å²) in [5.41, 5.74) is 0.691. The van der Waals surface area contributed by atoms with Gasteiger partial charge in [0.2, 0.25) is 0 Å². The minimum atomic E-state index is -0.652. The first-order valence-corrected chi connectivity index (χ1v) is 11.7. The highest BCUT2D eigenvalue weighted by atomic mass is 19.1. The van der Waals surface area contributed by atoms with Gasteiger partial charge in [0, 0.05) is 52.1 Å². The quantitative estimate of drug-likeness (QED) is 0.397. The predicted octanol–water partition coefficient (Wildman–Crippen LogP) is 3.53. The number of amides is 1. The van der Waals surface area contributed by atoms with Gasteiger partial charge < -0.3 is 28.9 Å². The first-order chi connectivity index (χ1) is 17.9. The SMILES string of the molecule is COCc1noc(N2CCC(n3cc(F)c4c(Nc5ccc(C(=O)N(C)C)cc5F)ncnc43)CC2)n1. The molecule has 5 rings (SSSR count). The Morgan fingerprint density at radius 3 is 2.70 bits per heavy atom. The van der Waals surface area contributed by atoms with E-state index in [1.165, 1.54) is 29.6 Å². The number of carbonyl (C=O) groups excluding carboxylic acids is 1. The zero-order valence-corrected chi connectivity index (χ0v) is 20.6. The molecule has 37 heavy (non-hydrogen) atoms. The third-order valence-corrected chi connectivity index (χ3v) is 6.30. The molecule has 1 amide bonds. The second-order valence-corrected chi connectivity index (χ2v) is 8.97. The van der Waals surface area contributed by atoms with Gasteiger partial charge in [0.1, 0.15) is 30.2 Å². The van der Waals surface area contributed by atoms with Crippen LogP contribution in [-0.4, -0.2) is 69.8 Å². The van der Waals surface area contributed by atoms with E-state index in [1.807, 2.05) is 4.90 Å². The minimum Gasteiger partial charge on any atom is -0.377 e. The first kappa shape index (κ1) is 24.6. The third kappa shape index (κ3) is 4.81. The van der Waals surface area contributed by atoms with Crippen LogP contribution in [0.25, 0.3) is 11.0 Å². The fraction of sp³-hybridized carbons (Fsp3) is 0.375. The van der Waals surface area contributed by atoms with Crippen molar-refractivity contribution in [3.05, 3.63) is 53.7 Å². The maximum Gasteiger partial charge on any atom is 0.324 e. The topological polar surface area (TPSA) is 114 Å². The van der Waals surface area contributed by atoms with E-state index in [0.717, 1.165) is 6.07 Å². The number of carbonyl (C=O) groups is 1. The van der Waals surface area contributed by atoms with Gasteiger partial charge in [-0.1, -0.05) is 5.16 Å². The van der Waals surface area contributed by atoms with Crippen LogP contribution in [0.4, 0.5) is 26.3 Å². The molecular weight excluding hydrogens is 486 g/mol. The number of piperidine rings is 1. The van der Waals surface area contributed by atoms with Crippen molar-refractivity contribution in [3.8, 4) is 0 Å². The summed E-state index contributed by atoms with van der Waals surface area (Å²) in [6.45, 7) is 1.55. The molecule has 3 aromatic heterocycles. The van der Waals surface area contributed by atoms with Crippen molar-refractivity contribution in [1.29, 1.82) is 0 Å². The number of nitrogens with one attached hydrogen (secondary N) is 1. The molecule has 0 unspecified atom stereocenters. The van der Waals surface area contributed by atoms with Crippen molar-refractivity contribution >= 4 is 34.5 Å². The average molecular weight is 513 g/mol. The van der Waals surface area contributed by atoms with Crippen LogP contribution in [0.3, 0.4) is 0 Å². The number of aromatic nitrogens is 5. The second-order valence-electron chi connectivity index (χ2n) is 8.97. The van der Waals surface area contributed by atoms with Gasteiger partial charge >= 0.3 is 6.01 Å². The maximum atomic E-state index is 15.2. The molecule has 0 atom stereocenters. The molecule has 1 aliphatic rings. The Bertz CT molecular complexity index is 1430. The number of halogens is 2. The zero-order chi connectivity index (χ0) is 26.1. The number of fused-ring (bicyclic) bond motifs is 1. The molecule has 4 aromatic rings. The Kier molecular flexibility index (Phi) is 6.70. The molecule has 11 nitrogen and oxygen atoms in total. The summed E-state index contributed by atoms with van der Waals surface area (Å²) < 4.78 is 42.1. The molecular formula is C24H26F2N8O3. The van der Waals surface area contributed by atoms with Crippen LogP contribution in [0, 0.1) is 11.6 Å². The van der Waals surface area contributed by atoms with Crippen molar-refractivity contribution < 1.29 is 22.8 Å². The van der Waals surface area contributed by atoms with Crippen LogP contribution in [-0.2, 0) is 11.3 Å². The molecule has 0 saturated carbocycles. The molecule has 1 aromatic carbocycles. The van der Waals surface area contributed by atoms with Gasteiger partial charge in [-0.05, 0) is 31.0 Å². The van der Waals surface area contributed by atoms with E-state index >= 15 is 4.39 Å². The van der Waals surface area contributed by atoms with Gasteiger partial charge in [0.15, 0.2) is 11.6 Å². The number of rotatable bonds is 7. The molecule has 0 aliphatic carbocycles. The lowest BCUT2D eigenvalue weighted by Crippen LogP contribution is -2.34. The number of benzene rings is 1. The van der Waals surface area contributed by atoms with Crippen LogP contribution >= 0.6 is 0 Å². The van der Waals surface area contributed by atoms with Crippen molar-refractivity contribution in [1.82, 2.24) is 29.6 Å². The first-order valence-electron chi connectivity index (χ1n) is 11.7. The monoisotopic (exact) mass is 512 g/mol. The molecule has 1 fully saturated rings. The molecule has 0 radical (unpaired) electrons. The molecule has 4 heterocycles. The molecule has 1 aliphatic heterocycles. The Balaban J connectivity index is 1.35. The highest BCUT2D eigenvalue weighted by molar-refractivity contribution is 5.95. The molecule has 194 valence electrons. The lowest BCUT2D eigenvalue weighted by molar-refractivity contribution is 0.0827. The van der Waals surface area contributed by atoms with Crippen LogP contribution in [0.5, 0.6) is 0 Å². The maximum absolute atomic E-state index is 15.2. The zero-order valence-electron chi connectivity index (χ0n) is 20.6. The van der Waals surface area contributed by atoms with Gasteiger partial charge in [-0.25, -0.2) is 18.7 Å². The minimum absolute atomic E-state index is 0.0135. The van der Waals surface area contributed by atoms with E-state index < -0.39 is 11.6 Å². The van der Waals surface area contributed by atoms with Gasteiger partial charge in [0.05, 0.1) is 11.1 Å². The highest BCUT2D eigenvalue weighted by Crippen LogP contribution is 2.33. The number of hydrogen-bond acceptors (Lipinski definition) is 9. The molecule has 13 heteroatoms. The standard InChI is InChI=1S/C24H26F2N8O3/c1-32(2)23(35)14-4-5-18(16(25)10-14)29-21-20-17(26)11-34(22(20)28-13-27-21)15-6-8-33(9-7-15)24-30-19(12-36-3)31-37-24/h4-5,10-11,13,15H,6-9,12H2,1-3H3,(H,27,28,29). The summed E-state index contributed by atoms with van der Waals surface area (Å²) in [7, 11) is 4.74. The molecule has 0 spiro atoms. The summed E-state index contributed by atoms with van der Waals surface area (Å²) in [5, 5.41) is 6.92. The van der Waals surface area contributed by atoms with Crippen LogP contribution < -0.4 is 10.2 Å². The average Bonchev–Trinajstić information content (AvgIpc) is 3.50. The number of ether oxygens (including phenoxy) is 1. The highest BCUT2D eigenvalue weighted by Gasteiger charge is 2.27. The fourth-order valence-electron chi connectivity index (χ4n) is 4.44. The van der Waals surface area contributed by atoms with Crippen molar-refractivity contribution in [2.45, 2.75) is 25.5 Å². The number of hydrogen-bond donors (Lipinski definition) is 1. The van der Waals surface area contributed by atoms with Crippen LogP contribution in [0.15, 0.2) is 35.2 Å². The number of anilines is 3. The normalized spacial score (nSPS) is 14.4. The van der Waals surface area contributed by atoms with Gasteiger partial charge in [-0.15, -0.1) is 0 Å². The summed E-state index contributed by atoms with van der Waals surface area (Å²) in [5.74, 6) is -0.868. The van der Waals surface area contributed by atoms with Crippen LogP contribution in [0.2, 0.25) is 0 Å². The smallest absolute Gasteiger partial charge is 0.324 e. The summed E-state index contributed by atoms with van der Waals surface area (Å²) in [6, 6.07) is 4.49. The Hall–Kier alpha value is -4.13. The summed E-state index contributed by atoms with van der Waals surface area (Å²) in [6.07, 6.45) is 4.12. The van der Waals surface area contributed by atoms with Crippen molar-refractivity contribution in [2.75, 3.05) is 44.5 Å². The lowest BCUT2D eigenvalue weighted by atomic mass is 10.1. The predicted molar refractivity (Wildman–Crippen MR) is 131 cm³/mol. The number of nitrogens with zero attached hydrogens (tertiary/aromatic N) is 7. The van der Waals surface area contributed by atoms with Crippen molar-refractivity contribution in [2.24, 2.45) is 0 Å². The van der Waals surface area contributed by atoms with Gasteiger partial charge in [0.25, 0.3) is 5.91 Å². The van der Waals surface area contributed by atoms with E-state index in [-0.39, 0.29) is 41.0 Å². The Morgan fingerprint density at radius 2 is 2.00 bits per heavy atom. The van der Waals surface area contributed by atoms with Gasteiger partial charge in [-0.3, -0.25) is 4.79 Å². The van der Waals surface area contributed by atoms with E-state index in [0.29, 0.717) is 43.4 Å². The summed E-state index contributed by atoms with van der Waals surface area (Å²) >= 11 is 0. The fourth-order valence-corrected chi connectivity index (χ4v) is 4.44. The second kappa shape index (κ2) is 10.1.